The van der Waals surface area contributed by atoms with Crippen LogP contribution in [0.15, 0.2) is 18.2 Å². The molecule has 0 aliphatic carbocycles. The minimum absolute atomic E-state index is 0.0174. The number of ether oxygens (including phenoxy) is 2. The van der Waals surface area contributed by atoms with E-state index >= 15 is 0 Å². The van der Waals surface area contributed by atoms with Gasteiger partial charge in [-0.15, -0.1) is 0 Å². The topological polar surface area (TPSA) is 62.2 Å². The van der Waals surface area contributed by atoms with Gasteiger partial charge >= 0.3 is 7.12 Å². The molecule has 0 saturated carbocycles. The van der Waals surface area contributed by atoms with Crippen LogP contribution in [0.5, 0.6) is 5.75 Å². The van der Waals surface area contributed by atoms with E-state index in [2.05, 4.69) is 4.90 Å². The van der Waals surface area contributed by atoms with Crippen LogP contribution < -0.4 is 10.2 Å². The van der Waals surface area contributed by atoms with E-state index in [1.54, 1.807) is 12.1 Å². The second-order valence-corrected chi connectivity index (χ2v) is 4.98. The van der Waals surface area contributed by atoms with Crippen LogP contribution in [0.4, 0.5) is 0 Å². The van der Waals surface area contributed by atoms with E-state index in [1.165, 1.54) is 0 Å². The molecule has 1 aromatic rings. The van der Waals surface area contributed by atoms with Crippen LogP contribution in [-0.4, -0.2) is 61.5 Å². The first-order valence-electron chi connectivity index (χ1n) is 6.46. The standard InChI is InChI=1S/C13H20BNO4/c1-10-3-4-13(12(7-10)14(16)17)19-9-11-8-15(2)5-6-18-11/h3-4,7,11,16-17H,5-6,8-9H2,1-2H3. The van der Waals surface area contributed by atoms with Gasteiger partial charge in [0.1, 0.15) is 18.5 Å². The fourth-order valence-electron chi connectivity index (χ4n) is 2.15. The molecule has 6 heteroatoms. The van der Waals surface area contributed by atoms with Crippen LogP contribution >= 0.6 is 0 Å². The highest BCUT2D eigenvalue weighted by atomic mass is 16.5. The largest absolute Gasteiger partial charge is 0.492 e. The predicted molar refractivity (Wildman–Crippen MR) is 73.7 cm³/mol. The Kier molecular flexibility index (Phi) is 4.82. The molecule has 0 radical (unpaired) electrons. The Morgan fingerprint density at radius 2 is 2.26 bits per heavy atom. The third-order valence-electron chi connectivity index (χ3n) is 3.21. The first-order chi connectivity index (χ1) is 9.06. The van der Waals surface area contributed by atoms with Gasteiger partial charge in [0.25, 0.3) is 0 Å². The van der Waals surface area contributed by atoms with Crippen molar-refractivity contribution in [3.8, 4) is 5.75 Å². The monoisotopic (exact) mass is 265 g/mol. The Balaban J connectivity index is 1.99. The van der Waals surface area contributed by atoms with Gasteiger partial charge in [-0.3, -0.25) is 0 Å². The molecule has 1 saturated heterocycles. The van der Waals surface area contributed by atoms with Gasteiger partial charge < -0.3 is 24.4 Å². The molecule has 0 amide bonds. The quantitative estimate of drug-likeness (QED) is 0.711. The summed E-state index contributed by atoms with van der Waals surface area (Å²) in [7, 11) is 0.523. The van der Waals surface area contributed by atoms with E-state index in [0.29, 0.717) is 24.4 Å². The second kappa shape index (κ2) is 6.39. The van der Waals surface area contributed by atoms with E-state index < -0.39 is 7.12 Å². The second-order valence-electron chi connectivity index (χ2n) is 4.98. The van der Waals surface area contributed by atoms with Crippen molar-refractivity contribution < 1.29 is 19.5 Å². The van der Waals surface area contributed by atoms with Crippen molar-refractivity contribution >= 4 is 12.6 Å². The molecule has 1 aliphatic heterocycles. The fraction of sp³-hybridized carbons (Fsp3) is 0.538. The Morgan fingerprint density at radius 1 is 1.47 bits per heavy atom. The smallest absolute Gasteiger partial charge is 0.491 e. The van der Waals surface area contributed by atoms with Gasteiger partial charge in [0, 0.05) is 18.6 Å². The lowest BCUT2D eigenvalue weighted by Crippen LogP contribution is -2.43. The predicted octanol–water partition coefficient (Wildman–Crippen LogP) is -0.616. The lowest BCUT2D eigenvalue weighted by molar-refractivity contribution is -0.0402. The first kappa shape index (κ1) is 14.3. The van der Waals surface area contributed by atoms with E-state index in [1.807, 2.05) is 20.0 Å². The molecule has 0 aromatic heterocycles. The molecule has 1 aromatic carbocycles. The van der Waals surface area contributed by atoms with E-state index in [4.69, 9.17) is 9.47 Å². The van der Waals surface area contributed by atoms with Crippen molar-refractivity contribution in [2.24, 2.45) is 0 Å². The third-order valence-corrected chi connectivity index (χ3v) is 3.21. The minimum atomic E-state index is -1.52. The number of hydrogen-bond donors (Lipinski definition) is 2. The highest BCUT2D eigenvalue weighted by Crippen LogP contribution is 2.12. The zero-order valence-corrected chi connectivity index (χ0v) is 11.4. The normalized spacial score (nSPS) is 20.3. The molecule has 1 fully saturated rings. The molecular weight excluding hydrogens is 245 g/mol. The summed E-state index contributed by atoms with van der Waals surface area (Å²) in [6.45, 7) is 4.76. The summed E-state index contributed by atoms with van der Waals surface area (Å²) in [4.78, 5) is 2.19. The van der Waals surface area contributed by atoms with Crippen LogP contribution in [-0.2, 0) is 4.74 Å². The molecule has 1 unspecified atom stereocenters. The summed E-state index contributed by atoms with van der Waals surface area (Å²) >= 11 is 0. The van der Waals surface area contributed by atoms with Crippen LogP contribution in [0, 0.1) is 6.92 Å². The number of nitrogens with zero attached hydrogens (tertiary/aromatic N) is 1. The number of morpholine rings is 1. The highest BCUT2D eigenvalue weighted by Gasteiger charge is 2.21. The summed E-state index contributed by atoms with van der Waals surface area (Å²) in [6.07, 6.45) is 0.0174. The van der Waals surface area contributed by atoms with Crippen molar-refractivity contribution in [1.29, 1.82) is 0 Å². The van der Waals surface area contributed by atoms with Crippen molar-refractivity contribution in [3.63, 3.8) is 0 Å². The number of hydrogen-bond acceptors (Lipinski definition) is 5. The molecular formula is C13H20BNO4. The first-order valence-corrected chi connectivity index (χ1v) is 6.46. The maximum atomic E-state index is 9.34. The molecule has 1 atom stereocenters. The molecule has 19 heavy (non-hydrogen) atoms. The van der Waals surface area contributed by atoms with Crippen LogP contribution in [0.1, 0.15) is 5.56 Å². The Morgan fingerprint density at radius 3 is 2.95 bits per heavy atom. The van der Waals surface area contributed by atoms with Crippen LogP contribution in [0.2, 0.25) is 0 Å². The van der Waals surface area contributed by atoms with Crippen molar-refractivity contribution in [2.75, 3.05) is 33.4 Å². The highest BCUT2D eigenvalue weighted by molar-refractivity contribution is 6.59. The van der Waals surface area contributed by atoms with Crippen LogP contribution in [0.3, 0.4) is 0 Å². The summed E-state index contributed by atoms with van der Waals surface area (Å²) in [5.41, 5.74) is 1.35. The van der Waals surface area contributed by atoms with Gasteiger partial charge in [0.05, 0.1) is 6.61 Å². The zero-order chi connectivity index (χ0) is 13.8. The van der Waals surface area contributed by atoms with Gasteiger partial charge in [0.15, 0.2) is 0 Å². The Bertz CT molecular complexity index is 427. The molecule has 0 spiro atoms. The Labute approximate surface area is 113 Å². The minimum Gasteiger partial charge on any atom is -0.491 e. The van der Waals surface area contributed by atoms with Crippen molar-refractivity contribution in [1.82, 2.24) is 4.90 Å². The van der Waals surface area contributed by atoms with E-state index in [-0.39, 0.29) is 6.10 Å². The lowest BCUT2D eigenvalue weighted by atomic mass is 9.79. The number of likely N-dealkylation sites (N-methyl/N-ethyl adjacent to an activating group) is 1. The lowest BCUT2D eigenvalue weighted by Gasteiger charge is -2.30. The summed E-state index contributed by atoms with van der Waals surface area (Å²) < 4.78 is 11.3. The van der Waals surface area contributed by atoms with E-state index in [9.17, 15) is 10.0 Å². The molecule has 104 valence electrons. The maximum absolute atomic E-state index is 9.34. The average molecular weight is 265 g/mol. The summed E-state index contributed by atoms with van der Waals surface area (Å²) in [6, 6.07) is 5.36. The van der Waals surface area contributed by atoms with Crippen molar-refractivity contribution in [3.05, 3.63) is 23.8 Å². The van der Waals surface area contributed by atoms with Crippen molar-refractivity contribution in [2.45, 2.75) is 13.0 Å². The molecule has 1 aliphatic rings. The van der Waals surface area contributed by atoms with Gasteiger partial charge in [0.2, 0.25) is 0 Å². The molecule has 1 heterocycles. The molecule has 0 bridgehead atoms. The van der Waals surface area contributed by atoms with E-state index in [0.717, 1.165) is 18.7 Å². The molecule has 2 N–H and O–H groups in total. The van der Waals surface area contributed by atoms with Crippen LogP contribution in [0.25, 0.3) is 0 Å². The fourth-order valence-corrected chi connectivity index (χ4v) is 2.15. The van der Waals surface area contributed by atoms with Gasteiger partial charge in [-0.25, -0.2) is 0 Å². The van der Waals surface area contributed by atoms with Gasteiger partial charge in [-0.05, 0) is 20.0 Å². The van der Waals surface area contributed by atoms with Gasteiger partial charge in [-0.1, -0.05) is 17.7 Å². The third kappa shape index (κ3) is 3.94. The number of benzene rings is 1. The zero-order valence-electron chi connectivity index (χ0n) is 11.4. The Hall–Kier alpha value is -1.08. The summed E-state index contributed by atoms with van der Waals surface area (Å²) in [5, 5.41) is 18.7. The molecule has 5 nitrogen and oxygen atoms in total. The summed E-state index contributed by atoms with van der Waals surface area (Å²) in [5.74, 6) is 0.498. The SMILES string of the molecule is Cc1ccc(OCC2CN(C)CCO2)c(B(O)O)c1. The average Bonchev–Trinajstić information content (AvgIpc) is 2.37. The maximum Gasteiger partial charge on any atom is 0.492 e. The van der Waals surface area contributed by atoms with Gasteiger partial charge in [-0.2, -0.15) is 0 Å². The number of rotatable bonds is 4. The number of aryl methyl sites for hydroxylation is 1. The molecule has 2 rings (SSSR count).